The number of amides is 1. The summed E-state index contributed by atoms with van der Waals surface area (Å²) in [6, 6.07) is 18.2. The summed E-state index contributed by atoms with van der Waals surface area (Å²) in [6.07, 6.45) is 4.76. The third kappa shape index (κ3) is 4.22. The number of carbonyl (C=O) groups excluding carboxylic acids is 1. The summed E-state index contributed by atoms with van der Waals surface area (Å²) in [5.74, 6) is 0.875. The number of benzene rings is 2. The number of piperidine rings is 2. The average molecular weight is 379 g/mol. The van der Waals surface area contributed by atoms with Crippen LogP contribution in [0, 0.1) is 5.41 Å². The molecule has 2 aliphatic rings. The first-order valence-electron chi connectivity index (χ1n) is 10.4. The van der Waals surface area contributed by atoms with E-state index in [1.807, 2.05) is 29.2 Å². The van der Waals surface area contributed by atoms with Crippen molar-refractivity contribution in [3.05, 3.63) is 65.7 Å². The SMILES string of the molecule is COc1cccc(C(=O)N2CCC3(CCN(Cc4ccccc4)CC3)CC2)c1. The van der Waals surface area contributed by atoms with Crippen LogP contribution in [-0.4, -0.2) is 49.0 Å². The molecular formula is C24H30N2O2. The molecule has 0 N–H and O–H groups in total. The maximum Gasteiger partial charge on any atom is 0.253 e. The standard InChI is InChI=1S/C24H30N2O2/c1-28-22-9-5-8-21(18-22)23(27)26-16-12-24(13-17-26)10-14-25(15-11-24)19-20-6-3-2-4-7-20/h2-9,18H,10-17,19H2,1H3. The predicted octanol–water partition coefficient (Wildman–Crippen LogP) is 4.21. The molecule has 2 heterocycles. The van der Waals surface area contributed by atoms with Gasteiger partial charge in [-0.2, -0.15) is 0 Å². The summed E-state index contributed by atoms with van der Waals surface area (Å²) in [7, 11) is 1.64. The van der Waals surface area contributed by atoms with Crippen molar-refractivity contribution in [1.82, 2.24) is 9.80 Å². The molecule has 28 heavy (non-hydrogen) atoms. The molecule has 2 saturated heterocycles. The van der Waals surface area contributed by atoms with Crippen LogP contribution in [0.3, 0.4) is 0 Å². The lowest BCUT2D eigenvalue weighted by Crippen LogP contribution is -2.48. The number of likely N-dealkylation sites (tertiary alicyclic amines) is 2. The van der Waals surface area contributed by atoms with E-state index in [9.17, 15) is 4.79 Å². The lowest BCUT2D eigenvalue weighted by atomic mass is 9.71. The summed E-state index contributed by atoms with van der Waals surface area (Å²) in [4.78, 5) is 17.5. The van der Waals surface area contributed by atoms with Crippen LogP contribution in [0.15, 0.2) is 54.6 Å². The van der Waals surface area contributed by atoms with Crippen molar-refractivity contribution in [3.8, 4) is 5.75 Å². The minimum absolute atomic E-state index is 0.135. The molecular weight excluding hydrogens is 348 g/mol. The predicted molar refractivity (Wildman–Crippen MR) is 112 cm³/mol. The van der Waals surface area contributed by atoms with Gasteiger partial charge in [-0.3, -0.25) is 9.69 Å². The Labute approximate surface area is 168 Å². The highest BCUT2D eigenvalue weighted by Gasteiger charge is 2.38. The monoisotopic (exact) mass is 378 g/mol. The summed E-state index contributed by atoms with van der Waals surface area (Å²) in [6.45, 7) is 5.12. The zero-order chi connectivity index (χ0) is 19.4. The zero-order valence-electron chi connectivity index (χ0n) is 16.8. The minimum Gasteiger partial charge on any atom is -0.497 e. The number of nitrogens with zero attached hydrogens (tertiary/aromatic N) is 2. The molecule has 0 saturated carbocycles. The molecule has 148 valence electrons. The van der Waals surface area contributed by atoms with Crippen molar-refractivity contribution in [2.45, 2.75) is 32.2 Å². The lowest BCUT2D eigenvalue weighted by Gasteiger charge is -2.47. The fraction of sp³-hybridized carbons (Fsp3) is 0.458. The third-order valence-electron chi connectivity index (χ3n) is 6.59. The van der Waals surface area contributed by atoms with E-state index in [2.05, 4.69) is 35.2 Å². The van der Waals surface area contributed by atoms with Crippen LogP contribution in [-0.2, 0) is 6.54 Å². The van der Waals surface area contributed by atoms with Gasteiger partial charge in [0.25, 0.3) is 5.91 Å². The normalized spacial score (nSPS) is 19.5. The molecule has 4 rings (SSSR count). The first kappa shape index (κ1) is 19.0. The van der Waals surface area contributed by atoms with Crippen molar-refractivity contribution in [1.29, 1.82) is 0 Å². The maximum atomic E-state index is 12.9. The van der Waals surface area contributed by atoms with E-state index >= 15 is 0 Å². The van der Waals surface area contributed by atoms with Gasteiger partial charge in [-0.15, -0.1) is 0 Å². The Bertz CT molecular complexity index is 787. The molecule has 4 heteroatoms. The molecule has 2 aromatic rings. The highest BCUT2D eigenvalue weighted by atomic mass is 16.5. The molecule has 0 atom stereocenters. The lowest BCUT2D eigenvalue weighted by molar-refractivity contribution is 0.0285. The summed E-state index contributed by atoms with van der Waals surface area (Å²) in [5, 5.41) is 0. The van der Waals surface area contributed by atoms with Crippen LogP contribution < -0.4 is 4.74 Å². The Morgan fingerprint density at radius 2 is 1.61 bits per heavy atom. The summed E-state index contributed by atoms with van der Waals surface area (Å²) in [5.41, 5.74) is 2.56. The molecule has 1 amide bonds. The van der Waals surface area contributed by atoms with Crippen molar-refractivity contribution >= 4 is 5.91 Å². The van der Waals surface area contributed by atoms with Crippen molar-refractivity contribution in [2.24, 2.45) is 5.41 Å². The number of methoxy groups -OCH3 is 1. The second-order valence-electron chi connectivity index (χ2n) is 8.29. The zero-order valence-corrected chi connectivity index (χ0v) is 16.8. The topological polar surface area (TPSA) is 32.8 Å². The van der Waals surface area contributed by atoms with Crippen LogP contribution in [0.2, 0.25) is 0 Å². The van der Waals surface area contributed by atoms with Crippen molar-refractivity contribution in [3.63, 3.8) is 0 Å². The van der Waals surface area contributed by atoms with E-state index in [0.717, 1.165) is 43.8 Å². The molecule has 0 unspecified atom stereocenters. The number of hydrogen-bond donors (Lipinski definition) is 0. The van der Waals surface area contributed by atoms with E-state index in [1.165, 1.54) is 31.5 Å². The van der Waals surface area contributed by atoms with E-state index in [-0.39, 0.29) is 5.91 Å². The van der Waals surface area contributed by atoms with E-state index in [0.29, 0.717) is 5.41 Å². The number of ether oxygens (including phenoxy) is 1. The second kappa shape index (κ2) is 8.36. The van der Waals surface area contributed by atoms with Crippen molar-refractivity contribution in [2.75, 3.05) is 33.3 Å². The largest absolute Gasteiger partial charge is 0.497 e. The van der Waals surface area contributed by atoms with Gasteiger partial charge in [-0.1, -0.05) is 36.4 Å². The molecule has 4 nitrogen and oxygen atoms in total. The van der Waals surface area contributed by atoms with E-state index in [1.54, 1.807) is 7.11 Å². The van der Waals surface area contributed by atoms with E-state index < -0.39 is 0 Å². The Morgan fingerprint density at radius 1 is 0.929 bits per heavy atom. The molecule has 2 fully saturated rings. The van der Waals surface area contributed by atoms with Crippen LogP contribution >= 0.6 is 0 Å². The van der Waals surface area contributed by atoms with Crippen LogP contribution in [0.1, 0.15) is 41.6 Å². The van der Waals surface area contributed by atoms with Crippen molar-refractivity contribution < 1.29 is 9.53 Å². The molecule has 0 bridgehead atoms. The first-order valence-corrected chi connectivity index (χ1v) is 10.4. The first-order chi connectivity index (χ1) is 13.7. The third-order valence-corrected chi connectivity index (χ3v) is 6.59. The average Bonchev–Trinajstić information content (AvgIpc) is 2.76. The molecule has 2 aliphatic heterocycles. The highest BCUT2D eigenvalue weighted by molar-refractivity contribution is 5.94. The molecule has 2 aromatic carbocycles. The smallest absolute Gasteiger partial charge is 0.253 e. The maximum absolute atomic E-state index is 12.9. The number of rotatable bonds is 4. The minimum atomic E-state index is 0.135. The fourth-order valence-corrected chi connectivity index (χ4v) is 4.65. The van der Waals surface area contributed by atoms with Gasteiger partial charge < -0.3 is 9.64 Å². The van der Waals surface area contributed by atoms with Crippen LogP contribution in [0.25, 0.3) is 0 Å². The summed E-state index contributed by atoms with van der Waals surface area (Å²) >= 11 is 0. The van der Waals surface area contributed by atoms with Gasteiger partial charge in [0.15, 0.2) is 0 Å². The van der Waals surface area contributed by atoms with Gasteiger partial charge in [0, 0.05) is 25.2 Å². The van der Waals surface area contributed by atoms with Crippen LogP contribution in [0.4, 0.5) is 0 Å². The highest BCUT2D eigenvalue weighted by Crippen LogP contribution is 2.41. The summed E-state index contributed by atoms with van der Waals surface area (Å²) < 4.78 is 5.26. The Morgan fingerprint density at radius 3 is 2.29 bits per heavy atom. The molecule has 1 spiro atoms. The Hall–Kier alpha value is -2.33. The number of carbonyl (C=O) groups is 1. The van der Waals surface area contributed by atoms with E-state index in [4.69, 9.17) is 4.74 Å². The molecule has 0 aliphatic carbocycles. The van der Waals surface area contributed by atoms with Gasteiger partial charge in [0.05, 0.1) is 7.11 Å². The van der Waals surface area contributed by atoms with Gasteiger partial charge in [0.1, 0.15) is 5.75 Å². The van der Waals surface area contributed by atoms with Gasteiger partial charge in [0.2, 0.25) is 0 Å². The Kier molecular flexibility index (Phi) is 5.67. The molecule has 0 radical (unpaired) electrons. The quantitative estimate of drug-likeness (QED) is 0.799. The molecule has 0 aromatic heterocycles. The second-order valence-corrected chi connectivity index (χ2v) is 8.29. The fourth-order valence-electron chi connectivity index (χ4n) is 4.65. The Balaban J connectivity index is 1.30. The number of hydrogen-bond acceptors (Lipinski definition) is 3. The van der Waals surface area contributed by atoms with Crippen LogP contribution in [0.5, 0.6) is 5.75 Å². The van der Waals surface area contributed by atoms with Gasteiger partial charge >= 0.3 is 0 Å². The van der Waals surface area contributed by atoms with Gasteiger partial charge in [-0.05, 0) is 68.0 Å². The van der Waals surface area contributed by atoms with Gasteiger partial charge in [-0.25, -0.2) is 0 Å².